The minimum absolute atomic E-state index is 0.127. The van der Waals surface area contributed by atoms with E-state index >= 15 is 0 Å². The number of hydrogen-bond acceptors (Lipinski definition) is 5. The topological polar surface area (TPSA) is 91.9 Å². The molecule has 0 unspecified atom stereocenters. The maximum Gasteiger partial charge on any atom is 0.319 e. The summed E-state index contributed by atoms with van der Waals surface area (Å²) in [5.41, 5.74) is 5.22. The zero-order chi connectivity index (χ0) is 29.4. The standard InChI is InChI=1S/C33H40N4O4/c1-6-26(7-2)35-33(39)36-28-13-15-30(31(21-28)40-5)41-29-14-12-27(20-22(29)3)34-32(38)25-10-8-23(9-11-25)24-16-18-37(4)19-17-24/h8-16,20-21,26H,6-7,17-19H2,1-5H3,(H,34,38)(H2,35,36,39). The predicted octanol–water partition coefficient (Wildman–Crippen LogP) is 7.08. The molecule has 0 aromatic heterocycles. The average Bonchev–Trinajstić information content (AvgIpc) is 2.98. The Morgan fingerprint density at radius 1 is 0.902 bits per heavy atom. The number of methoxy groups -OCH3 is 1. The second-order valence-corrected chi connectivity index (χ2v) is 10.3. The number of benzene rings is 3. The zero-order valence-electron chi connectivity index (χ0n) is 24.5. The van der Waals surface area contributed by atoms with Crippen LogP contribution in [0.25, 0.3) is 5.57 Å². The molecule has 0 spiro atoms. The van der Waals surface area contributed by atoms with Crippen LogP contribution in [-0.4, -0.2) is 50.1 Å². The van der Waals surface area contributed by atoms with Crippen molar-refractivity contribution in [1.29, 1.82) is 0 Å². The Balaban J connectivity index is 1.38. The van der Waals surface area contributed by atoms with Crippen LogP contribution in [0.2, 0.25) is 0 Å². The molecule has 0 radical (unpaired) electrons. The number of likely N-dealkylation sites (N-methyl/N-ethyl adjacent to an activating group) is 1. The molecular weight excluding hydrogens is 516 g/mol. The Hall–Kier alpha value is -4.30. The molecule has 8 heteroatoms. The van der Waals surface area contributed by atoms with Crippen molar-refractivity contribution < 1.29 is 19.1 Å². The molecule has 3 aromatic rings. The van der Waals surface area contributed by atoms with Gasteiger partial charge in [0.15, 0.2) is 11.5 Å². The number of carbonyl (C=O) groups excluding carboxylic acids is 2. The number of hydrogen-bond donors (Lipinski definition) is 3. The van der Waals surface area contributed by atoms with Crippen molar-refractivity contribution >= 4 is 28.9 Å². The van der Waals surface area contributed by atoms with Gasteiger partial charge in [-0.05, 0) is 92.4 Å². The third kappa shape index (κ3) is 7.89. The molecule has 0 saturated carbocycles. The van der Waals surface area contributed by atoms with Gasteiger partial charge in [-0.15, -0.1) is 0 Å². The van der Waals surface area contributed by atoms with E-state index in [9.17, 15) is 9.59 Å². The van der Waals surface area contributed by atoms with Gasteiger partial charge in [-0.1, -0.05) is 32.1 Å². The molecule has 4 rings (SSSR count). The first-order valence-electron chi connectivity index (χ1n) is 14.1. The van der Waals surface area contributed by atoms with Crippen LogP contribution in [0.15, 0.2) is 66.7 Å². The summed E-state index contributed by atoms with van der Waals surface area (Å²) < 4.78 is 11.7. The van der Waals surface area contributed by atoms with Crippen molar-refractivity contribution in [2.75, 3.05) is 37.9 Å². The Morgan fingerprint density at radius 3 is 2.20 bits per heavy atom. The molecule has 0 fully saturated rings. The number of nitrogens with one attached hydrogen (secondary N) is 3. The number of carbonyl (C=O) groups is 2. The summed E-state index contributed by atoms with van der Waals surface area (Å²) in [4.78, 5) is 27.5. The zero-order valence-corrected chi connectivity index (χ0v) is 24.5. The number of aryl methyl sites for hydroxylation is 1. The quantitative estimate of drug-likeness (QED) is 0.248. The molecule has 41 heavy (non-hydrogen) atoms. The van der Waals surface area contributed by atoms with Crippen LogP contribution in [0, 0.1) is 6.92 Å². The monoisotopic (exact) mass is 556 g/mol. The van der Waals surface area contributed by atoms with Gasteiger partial charge in [-0.2, -0.15) is 0 Å². The molecule has 0 saturated heterocycles. The highest BCUT2D eigenvalue weighted by atomic mass is 16.5. The lowest BCUT2D eigenvalue weighted by Gasteiger charge is -2.22. The van der Waals surface area contributed by atoms with E-state index in [1.165, 1.54) is 5.57 Å². The molecule has 0 aliphatic carbocycles. The summed E-state index contributed by atoms with van der Waals surface area (Å²) in [6.45, 7) is 7.99. The van der Waals surface area contributed by atoms with Crippen molar-refractivity contribution in [3.63, 3.8) is 0 Å². The van der Waals surface area contributed by atoms with Crippen molar-refractivity contribution in [3.05, 3.63) is 83.4 Å². The number of amides is 3. The molecule has 1 aliphatic heterocycles. The van der Waals surface area contributed by atoms with Gasteiger partial charge in [0.1, 0.15) is 5.75 Å². The summed E-state index contributed by atoms with van der Waals surface area (Å²) >= 11 is 0. The molecule has 3 N–H and O–H groups in total. The van der Waals surface area contributed by atoms with Gasteiger partial charge in [0.05, 0.1) is 7.11 Å². The minimum atomic E-state index is -0.256. The van der Waals surface area contributed by atoms with E-state index in [0.717, 1.165) is 43.5 Å². The lowest BCUT2D eigenvalue weighted by Crippen LogP contribution is -2.37. The summed E-state index contributed by atoms with van der Waals surface area (Å²) in [5, 5.41) is 8.78. The molecular formula is C33H40N4O4. The maximum atomic E-state index is 12.9. The minimum Gasteiger partial charge on any atom is -0.493 e. The highest BCUT2D eigenvalue weighted by Gasteiger charge is 2.14. The summed E-state index contributed by atoms with van der Waals surface area (Å²) in [6.07, 6.45) is 5.00. The fourth-order valence-electron chi connectivity index (χ4n) is 4.71. The molecule has 8 nitrogen and oxygen atoms in total. The Morgan fingerprint density at radius 2 is 1.59 bits per heavy atom. The first kappa shape index (κ1) is 29.7. The Bertz CT molecular complexity index is 1400. The highest BCUT2D eigenvalue weighted by Crippen LogP contribution is 2.36. The second kappa shape index (κ2) is 13.9. The number of rotatable bonds is 10. The van der Waals surface area contributed by atoms with Gasteiger partial charge in [0.2, 0.25) is 0 Å². The van der Waals surface area contributed by atoms with Gasteiger partial charge in [-0.25, -0.2) is 4.79 Å². The van der Waals surface area contributed by atoms with Gasteiger partial charge in [0.25, 0.3) is 5.91 Å². The lowest BCUT2D eigenvalue weighted by molar-refractivity contribution is 0.102. The highest BCUT2D eigenvalue weighted by molar-refractivity contribution is 6.04. The van der Waals surface area contributed by atoms with Crippen molar-refractivity contribution in [3.8, 4) is 17.2 Å². The number of ether oxygens (including phenoxy) is 2. The summed E-state index contributed by atoms with van der Waals surface area (Å²) in [6, 6.07) is 18.4. The van der Waals surface area contributed by atoms with E-state index in [1.807, 2.05) is 63.2 Å². The number of nitrogens with zero attached hydrogens (tertiary/aromatic N) is 1. The fraction of sp³-hybridized carbons (Fsp3) is 0.333. The average molecular weight is 557 g/mol. The van der Waals surface area contributed by atoms with Crippen LogP contribution in [0.5, 0.6) is 17.2 Å². The molecule has 0 atom stereocenters. The number of urea groups is 1. The van der Waals surface area contributed by atoms with Crippen LogP contribution in [0.4, 0.5) is 16.2 Å². The lowest BCUT2D eigenvalue weighted by atomic mass is 9.98. The SMILES string of the molecule is CCC(CC)NC(=O)Nc1ccc(Oc2ccc(NC(=O)c3ccc(C4=CCN(C)CC4)cc3)cc2C)c(OC)c1. The largest absolute Gasteiger partial charge is 0.493 e. The van der Waals surface area contributed by atoms with Crippen LogP contribution in [0.1, 0.15) is 54.6 Å². The van der Waals surface area contributed by atoms with Crippen molar-refractivity contribution in [2.24, 2.45) is 0 Å². The van der Waals surface area contributed by atoms with Crippen LogP contribution < -0.4 is 25.4 Å². The molecule has 0 bridgehead atoms. The number of anilines is 2. The van der Waals surface area contributed by atoms with Crippen molar-refractivity contribution in [2.45, 2.75) is 46.1 Å². The molecule has 3 amide bonds. The molecule has 1 aliphatic rings. The van der Waals surface area contributed by atoms with Gasteiger partial charge < -0.3 is 30.3 Å². The molecule has 1 heterocycles. The second-order valence-electron chi connectivity index (χ2n) is 10.3. The van der Waals surface area contributed by atoms with E-state index in [2.05, 4.69) is 34.0 Å². The van der Waals surface area contributed by atoms with Gasteiger partial charge in [-0.3, -0.25) is 4.79 Å². The predicted molar refractivity (Wildman–Crippen MR) is 165 cm³/mol. The van der Waals surface area contributed by atoms with E-state index in [0.29, 0.717) is 34.2 Å². The first-order chi connectivity index (χ1) is 19.8. The van der Waals surface area contributed by atoms with E-state index in [-0.39, 0.29) is 18.0 Å². The van der Waals surface area contributed by atoms with Crippen LogP contribution in [-0.2, 0) is 0 Å². The van der Waals surface area contributed by atoms with E-state index in [4.69, 9.17) is 9.47 Å². The van der Waals surface area contributed by atoms with Gasteiger partial charge in [0, 0.05) is 42.1 Å². The normalized spacial score (nSPS) is 13.4. The third-order valence-corrected chi connectivity index (χ3v) is 7.33. The Labute approximate surface area is 242 Å². The fourth-order valence-corrected chi connectivity index (χ4v) is 4.71. The summed E-state index contributed by atoms with van der Waals surface area (Å²) in [7, 11) is 3.67. The summed E-state index contributed by atoms with van der Waals surface area (Å²) in [5.74, 6) is 1.46. The first-order valence-corrected chi connectivity index (χ1v) is 14.1. The smallest absolute Gasteiger partial charge is 0.319 e. The molecule has 216 valence electrons. The van der Waals surface area contributed by atoms with Crippen molar-refractivity contribution in [1.82, 2.24) is 10.2 Å². The molecule has 3 aromatic carbocycles. The maximum absolute atomic E-state index is 12.9. The van der Waals surface area contributed by atoms with Crippen LogP contribution in [0.3, 0.4) is 0 Å². The Kier molecular flexibility index (Phi) is 10.0. The van der Waals surface area contributed by atoms with E-state index in [1.54, 1.807) is 25.3 Å². The van der Waals surface area contributed by atoms with Gasteiger partial charge >= 0.3 is 6.03 Å². The van der Waals surface area contributed by atoms with E-state index < -0.39 is 0 Å². The van der Waals surface area contributed by atoms with Crippen LogP contribution >= 0.6 is 0 Å². The third-order valence-electron chi connectivity index (χ3n) is 7.33.